The fraction of sp³-hybridized carbons (Fsp3) is 0.548. The minimum absolute atomic E-state index is 0.0289. The average molecular weight is 681 g/mol. The van der Waals surface area contributed by atoms with E-state index in [0.29, 0.717) is 24.3 Å². The monoisotopic (exact) mass is 680 g/mol. The topological polar surface area (TPSA) is 70.5 Å². The molecule has 0 radical (unpaired) electrons. The molecule has 1 aromatic heterocycles. The molecule has 3 saturated carbocycles. The summed E-state index contributed by atoms with van der Waals surface area (Å²) in [5.41, 5.74) is 1.30. The normalized spacial score (nSPS) is 30.4. The molecule has 3 aromatic rings. The maximum atomic E-state index is 12.7. The Kier molecular flexibility index (Phi) is 10.3. The average Bonchev–Trinajstić information content (AvgIpc) is 3.39. The van der Waals surface area contributed by atoms with Crippen LogP contribution in [0, 0.1) is 28.6 Å². The Balaban J connectivity index is 1.35. The smallest absolute Gasteiger partial charge is 0.302 e. The van der Waals surface area contributed by atoms with Crippen molar-refractivity contribution in [2.75, 3.05) is 6.61 Å². The Labute approximate surface area is 295 Å². The van der Waals surface area contributed by atoms with Gasteiger partial charge in [-0.1, -0.05) is 107 Å². The summed E-state index contributed by atoms with van der Waals surface area (Å²) in [5, 5.41) is 2.53. The van der Waals surface area contributed by atoms with Crippen LogP contribution in [0.2, 0.25) is 5.04 Å². The first kappa shape index (κ1) is 35.5. The van der Waals surface area contributed by atoms with E-state index in [1.807, 2.05) is 0 Å². The lowest BCUT2D eigenvalue weighted by molar-refractivity contribution is -0.173. The maximum Gasteiger partial charge on any atom is 0.302 e. The van der Waals surface area contributed by atoms with Crippen LogP contribution in [0.1, 0.15) is 92.9 Å². The van der Waals surface area contributed by atoms with Crippen LogP contribution in [0.15, 0.2) is 91.4 Å². The predicted molar refractivity (Wildman–Crippen MR) is 198 cm³/mol. The van der Waals surface area contributed by atoms with Crippen molar-refractivity contribution in [3.63, 3.8) is 0 Å². The lowest BCUT2D eigenvalue weighted by atomic mass is 9.51. The predicted octanol–water partition coefficient (Wildman–Crippen LogP) is 8.31. The van der Waals surface area contributed by atoms with Gasteiger partial charge >= 0.3 is 5.97 Å². The second-order valence-corrected chi connectivity index (χ2v) is 20.7. The molecule has 2 aromatic carbocycles. The van der Waals surface area contributed by atoms with Crippen molar-refractivity contribution in [1.29, 1.82) is 0 Å². The highest BCUT2D eigenvalue weighted by molar-refractivity contribution is 6.99. The van der Waals surface area contributed by atoms with Crippen LogP contribution >= 0.6 is 0 Å². The van der Waals surface area contributed by atoms with E-state index in [1.54, 1.807) is 25.5 Å². The van der Waals surface area contributed by atoms with Crippen LogP contribution in [-0.4, -0.2) is 43.1 Å². The second-order valence-electron chi connectivity index (χ2n) is 16.4. The number of fused-ring (bicyclic) bond motifs is 1. The van der Waals surface area contributed by atoms with E-state index in [4.69, 9.17) is 13.9 Å². The van der Waals surface area contributed by atoms with Gasteiger partial charge in [-0.05, 0) is 83.5 Å². The molecular weight excluding hydrogens is 625 g/mol. The SMILES string of the molecule is C=C1CC[C@@H]2[C@H](OC(C)=O)[C@H]([C@@]3(C)CC[C@H](O[Si](c4ccccc4)(c4ccccc4)C(C)(C)C)C[C@@H]3CCOc3cnccn3)CC[C@]12C. The van der Waals surface area contributed by atoms with Gasteiger partial charge in [-0.2, -0.15) is 0 Å². The molecule has 7 atom stereocenters. The first-order valence-corrected chi connectivity index (χ1v) is 20.3. The van der Waals surface area contributed by atoms with E-state index in [0.717, 1.165) is 51.4 Å². The lowest BCUT2D eigenvalue weighted by Crippen LogP contribution is -2.68. The number of esters is 1. The van der Waals surface area contributed by atoms with Crippen LogP contribution in [0.25, 0.3) is 0 Å². The molecule has 3 aliphatic rings. The van der Waals surface area contributed by atoms with Gasteiger partial charge < -0.3 is 13.9 Å². The van der Waals surface area contributed by atoms with Gasteiger partial charge in [0.25, 0.3) is 8.32 Å². The molecule has 3 fully saturated rings. The molecule has 1 heterocycles. The van der Waals surface area contributed by atoms with Gasteiger partial charge in [0.15, 0.2) is 0 Å². The number of carbonyl (C=O) groups is 1. The molecule has 0 amide bonds. The highest BCUT2D eigenvalue weighted by Crippen LogP contribution is 2.62. The van der Waals surface area contributed by atoms with Crippen molar-refractivity contribution in [3.05, 3.63) is 91.4 Å². The molecule has 6 rings (SSSR count). The zero-order valence-electron chi connectivity index (χ0n) is 30.5. The third-order valence-corrected chi connectivity index (χ3v) is 17.9. The van der Waals surface area contributed by atoms with Crippen molar-refractivity contribution in [2.45, 2.75) is 110 Å². The molecule has 262 valence electrons. The summed E-state index contributed by atoms with van der Waals surface area (Å²) in [6.07, 6.45) is 13.0. The highest BCUT2D eigenvalue weighted by atomic mass is 28.4. The fourth-order valence-electron chi connectivity index (χ4n) is 10.1. The van der Waals surface area contributed by atoms with Crippen molar-refractivity contribution in [1.82, 2.24) is 9.97 Å². The molecule has 0 N–H and O–H groups in total. The van der Waals surface area contributed by atoms with E-state index < -0.39 is 8.32 Å². The van der Waals surface area contributed by atoms with Gasteiger partial charge in [-0.15, -0.1) is 0 Å². The summed E-state index contributed by atoms with van der Waals surface area (Å²) < 4.78 is 20.4. The van der Waals surface area contributed by atoms with Gasteiger partial charge in [0.05, 0.1) is 12.8 Å². The molecule has 0 bridgehead atoms. The standard InChI is InChI=1S/C42H56N2O4Si/c1-30-18-19-36-39(47-31(2)45)37(21-24-41(30,36)6)42(7)23-20-33(28-32(42)22-27-46-38-29-43-25-26-44-38)48-49(40(3,4)5,34-14-10-8-11-15-34)35-16-12-9-13-17-35/h8-17,25-26,29,32-33,36-37,39H,1,18-24,27-28H2,2-7H3/t32-,33-,36+,37+,39-,41+,42-/m0/s1. The Morgan fingerprint density at radius 1 is 0.939 bits per heavy atom. The Morgan fingerprint density at radius 3 is 2.20 bits per heavy atom. The number of benzene rings is 2. The van der Waals surface area contributed by atoms with Crippen molar-refractivity contribution in [2.24, 2.45) is 28.6 Å². The van der Waals surface area contributed by atoms with Crippen molar-refractivity contribution < 1.29 is 18.7 Å². The number of aromatic nitrogens is 2. The maximum absolute atomic E-state index is 12.7. The molecular formula is C42H56N2O4Si. The third kappa shape index (κ3) is 6.77. The van der Waals surface area contributed by atoms with E-state index in [-0.39, 0.29) is 40.0 Å². The van der Waals surface area contributed by atoms with Crippen LogP contribution in [0.5, 0.6) is 5.88 Å². The quantitative estimate of drug-likeness (QED) is 0.122. The zero-order chi connectivity index (χ0) is 34.9. The molecule has 7 heteroatoms. The first-order valence-electron chi connectivity index (χ1n) is 18.4. The number of nitrogens with zero attached hydrogens (tertiary/aromatic N) is 2. The molecule has 0 spiro atoms. The molecule has 0 unspecified atom stereocenters. The Hall–Kier alpha value is -3.29. The summed E-state index contributed by atoms with van der Waals surface area (Å²) in [5.74, 6) is 1.25. The zero-order valence-corrected chi connectivity index (χ0v) is 31.5. The van der Waals surface area contributed by atoms with Gasteiger partial charge in [0.2, 0.25) is 5.88 Å². The number of rotatable bonds is 10. The third-order valence-electron chi connectivity index (χ3n) is 12.8. The fourth-order valence-corrected chi connectivity index (χ4v) is 14.8. The molecule has 0 aliphatic heterocycles. The number of allylic oxidation sites excluding steroid dienone is 1. The Morgan fingerprint density at radius 2 is 1.61 bits per heavy atom. The summed E-state index contributed by atoms with van der Waals surface area (Å²) in [7, 11) is -2.74. The number of hydrogen-bond donors (Lipinski definition) is 0. The summed E-state index contributed by atoms with van der Waals surface area (Å²) in [6, 6.07) is 21.9. The number of hydrogen-bond acceptors (Lipinski definition) is 6. The first-order chi connectivity index (χ1) is 23.4. The van der Waals surface area contributed by atoms with E-state index in [1.165, 1.54) is 15.9 Å². The van der Waals surface area contributed by atoms with Gasteiger partial charge in [-0.3, -0.25) is 9.78 Å². The second kappa shape index (κ2) is 14.1. The van der Waals surface area contributed by atoms with Gasteiger partial charge in [-0.25, -0.2) is 4.98 Å². The minimum atomic E-state index is -2.74. The molecule has 6 nitrogen and oxygen atoms in total. The van der Waals surface area contributed by atoms with Crippen LogP contribution in [0.4, 0.5) is 0 Å². The van der Waals surface area contributed by atoms with Crippen molar-refractivity contribution >= 4 is 24.7 Å². The molecule has 0 saturated heterocycles. The molecule has 49 heavy (non-hydrogen) atoms. The van der Waals surface area contributed by atoms with Gasteiger partial charge in [0.1, 0.15) is 6.10 Å². The summed E-state index contributed by atoms with van der Waals surface area (Å²) in [6.45, 7) is 18.5. The largest absolute Gasteiger partial charge is 0.477 e. The van der Waals surface area contributed by atoms with Crippen LogP contribution in [0.3, 0.4) is 0 Å². The van der Waals surface area contributed by atoms with Gasteiger partial charge in [0, 0.05) is 37.3 Å². The van der Waals surface area contributed by atoms with Crippen LogP contribution in [-0.2, 0) is 14.0 Å². The summed E-state index contributed by atoms with van der Waals surface area (Å²) >= 11 is 0. The van der Waals surface area contributed by atoms with Crippen LogP contribution < -0.4 is 15.1 Å². The van der Waals surface area contributed by atoms with E-state index in [9.17, 15) is 4.79 Å². The number of carbonyl (C=O) groups excluding carboxylic acids is 1. The van der Waals surface area contributed by atoms with E-state index in [2.05, 4.69) is 112 Å². The number of ether oxygens (including phenoxy) is 2. The lowest BCUT2D eigenvalue weighted by Gasteiger charge is -2.57. The highest BCUT2D eigenvalue weighted by Gasteiger charge is 2.59. The van der Waals surface area contributed by atoms with E-state index >= 15 is 0 Å². The summed E-state index contributed by atoms with van der Waals surface area (Å²) in [4.78, 5) is 21.3. The molecule has 3 aliphatic carbocycles. The van der Waals surface area contributed by atoms with Crippen molar-refractivity contribution in [3.8, 4) is 5.88 Å². The minimum Gasteiger partial charge on any atom is -0.477 e. The Bertz CT molecular complexity index is 1540.